The molecule has 0 aliphatic heterocycles. The Hall–Kier alpha value is -1.18. The largest absolute Gasteiger partial charge is 0.465 e. The van der Waals surface area contributed by atoms with E-state index in [9.17, 15) is 14.7 Å². The number of carbonyl (C=O) groups excluding carboxylic acids is 2. The molecule has 0 spiro atoms. The van der Waals surface area contributed by atoms with Crippen molar-refractivity contribution in [3.05, 3.63) is 0 Å². The Balaban J connectivity index is 3.92. The van der Waals surface area contributed by atoms with Crippen LogP contribution in [0.25, 0.3) is 0 Å². The number of unbranched alkanes of at least 4 members (excludes halogenated alkanes) is 6. The Bertz CT molecular complexity index is 341. The van der Waals surface area contributed by atoms with Crippen molar-refractivity contribution < 1.29 is 34.4 Å². The summed E-state index contributed by atoms with van der Waals surface area (Å²) in [6.07, 6.45) is 7.00. The molecule has 0 bridgehead atoms. The highest BCUT2D eigenvalue weighted by molar-refractivity contribution is 5.69. The molecule has 0 saturated heterocycles. The van der Waals surface area contributed by atoms with E-state index in [2.05, 4.69) is 0 Å². The molecular formula is C19H36O7. The van der Waals surface area contributed by atoms with E-state index < -0.39 is 5.41 Å². The Morgan fingerprint density at radius 1 is 0.692 bits per heavy atom. The minimum absolute atomic E-state index is 0.00273. The van der Waals surface area contributed by atoms with Gasteiger partial charge in [-0.1, -0.05) is 32.6 Å². The molecule has 7 heteroatoms. The van der Waals surface area contributed by atoms with Gasteiger partial charge >= 0.3 is 11.9 Å². The van der Waals surface area contributed by atoms with Crippen LogP contribution in [0.15, 0.2) is 0 Å². The van der Waals surface area contributed by atoms with Crippen molar-refractivity contribution in [1.82, 2.24) is 0 Å². The monoisotopic (exact) mass is 376 g/mol. The minimum Gasteiger partial charge on any atom is -0.465 e. The van der Waals surface area contributed by atoms with E-state index in [1.54, 1.807) is 6.92 Å². The summed E-state index contributed by atoms with van der Waals surface area (Å²) in [6, 6.07) is 0. The first kappa shape index (κ1) is 24.8. The quantitative estimate of drug-likeness (QED) is 0.263. The number of carbonyl (C=O) groups is 2. The maximum absolute atomic E-state index is 11.7. The average Bonchev–Trinajstić information content (AvgIpc) is 2.64. The zero-order valence-corrected chi connectivity index (χ0v) is 16.1. The van der Waals surface area contributed by atoms with Crippen LogP contribution in [0.5, 0.6) is 0 Å². The highest BCUT2D eigenvalue weighted by Gasteiger charge is 2.27. The Morgan fingerprint density at radius 3 is 1.42 bits per heavy atom. The van der Waals surface area contributed by atoms with E-state index in [1.807, 2.05) is 0 Å². The summed E-state index contributed by atoms with van der Waals surface area (Å²) in [5, 5.41) is 26.9. The summed E-state index contributed by atoms with van der Waals surface area (Å²) in [5.74, 6) is -0.659. The van der Waals surface area contributed by atoms with Gasteiger partial charge in [-0.25, -0.2) is 0 Å². The molecule has 0 aromatic carbocycles. The second kappa shape index (κ2) is 16.0. The normalized spacial score (nSPS) is 11.4. The molecule has 26 heavy (non-hydrogen) atoms. The number of aliphatic hydroxyl groups is 3. The standard InChI is InChI=1S/C19H36O7/c1-19(14-22,15-25-17(23)10-6-2-4-8-12-20)16-26-18(24)11-7-3-5-9-13-21/h20-22H,2-16H2,1H3. The van der Waals surface area contributed by atoms with E-state index in [0.29, 0.717) is 25.7 Å². The van der Waals surface area contributed by atoms with E-state index >= 15 is 0 Å². The van der Waals surface area contributed by atoms with Crippen LogP contribution >= 0.6 is 0 Å². The van der Waals surface area contributed by atoms with Crippen molar-refractivity contribution in [2.75, 3.05) is 33.0 Å². The van der Waals surface area contributed by atoms with E-state index in [0.717, 1.165) is 38.5 Å². The van der Waals surface area contributed by atoms with Gasteiger partial charge in [0.1, 0.15) is 13.2 Å². The molecule has 3 N–H and O–H groups in total. The summed E-state index contributed by atoms with van der Waals surface area (Å²) < 4.78 is 10.4. The topological polar surface area (TPSA) is 113 Å². The zero-order chi connectivity index (χ0) is 19.7. The molecular weight excluding hydrogens is 340 g/mol. The van der Waals surface area contributed by atoms with Gasteiger partial charge in [-0.2, -0.15) is 0 Å². The average molecular weight is 376 g/mol. The number of ether oxygens (including phenoxy) is 2. The van der Waals surface area contributed by atoms with E-state index in [-0.39, 0.29) is 45.0 Å². The Kier molecular flexibility index (Phi) is 15.3. The fourth-order valence-electron chi connectivity index (χ4n) is 2.26. The number of esters is 2. The number of hydrogen-bond donors (Lipinski definition) is 3. The van der Waals surface area contributed by atoms with Crippen molar-refractivity contribution in [3.8, 4) is 0 Å². The summed E-state index contributed by atoms with van der Waals surface area (Å²) >= 11 is 0. The molecule has 0 rings (SSSR count). The van der Waals surface area contributed by atoms with E-state index in [4.69, 9.17) is 19.7 Å². The van der Waals surface area contributed by atoms with Crippen LogP contribution in [0.1, 0.15) is 71.1 Å². The van der Waals surface area contributed by atoms with Crippen LogP contribution in [-0.4, -0.2) is 60.3 Å². The van der Waals surface area contributed by atoms with Crippen molar-refractivity contribution >= 4 is 11.9 Å². The van der Waals surface area contributed by atoms with Gasteiger partial charge in [-0.15, -0.1) is 0 Å². The first-order valence-corrected chi connectivity index (χ1v) is 9.61. The van der Waals surface area contributed by atoms with Gasteiger partial charge < -0.3 is 24.8 Å². The SMILES string of the molecule is CC(CO)(COC(=O)CCCCCCO)COC(=O)CCCCCCO. The van der Waals surface area contributed by atoms with Gasteiger partial charge in [0, 0.05) is 26.1 Å². The Labute approximate surface area is 156 Å². The lowest BCUT2D eigenvalue weighted by molar-refractivity contribution is -0.155. The van der Waals surface area contributed by atoms with Gasteiger partial charge in [0.25, 0.3) is 0 Å². The first-order chi connectivity index (χ1) is 12.5. The third-order valence-electron chi connectivity index (χ3n) is 4.12. The first-order valence-electron chi connectivity index (χ1n) is 9.61. The molecule has 0 heterocycles. The lowest BCUT2D eigenvalue weighted by Gasteiger charge is -2.26. The lowest BCUT2D eigenvalue weighted by Crippen LogP contribution is -2.35. The second-order valence-electron chi connectivity index (χ2n) is 7.07. The van der Waals surface area contributed by atoms with Crippen LogP contribution in [0.2, 0.25) is 0 Å². The third kappa shape index (κ3) is 14.0. The molecule has 154 valence electrons. The Morgan fingerprint density at radius 2 is 1.08 bits per heavy atom. The summed E-state index contributed by atoms with van der Waals surface area (Å²) in [7, 11) is 0. The smallest absolute Gasteiger partial charge is 0.305 e. The van der Waals surface area contributed by atoms with Gasteiger partial charge in [0.05, 0.1) is 12.0 Å². The number of rotatable bonds is 17. The molecule has 0 aromatic heterocycles. The van der Waals surface area contributed by atoms with Crippen LogP contribution < -0.4 is 0 Å². The number of hydrogen-bond acceptors (Lipinski definition) is 7. The third-order valence-corrected chi connectivity index (χ3v) is 4.12. The van der Waals surface area contributed by atoms with Crippen LogP contribution in [0.3, 0.4) is 0 Å². The predicted molar refractivity (Wildman–Crippen MR) is 97.5 cm³/mol. The molecule has 7 nitrogen and oxygen atoms in total. The zero-order valence-electron chi connectivity index (χ0n) is 16.1. The van der Waals surface area contributed by atoms with Gasteiger partial charge in [0.15, 0.2) is 0 Å². The lowest BCUT2D eigenvalue weighted by atomic mass is 9.94. The summed E-state index contributed by atoms with van der Waals surface area (Å²) in [4.78, 5) is 23.5. The maximum atomic E-state index is 11.7. The van der Waals surface area contributed by atoms with Crippen LogP contribution in [-0.2, 0) is 19.1 Å². The van der Waals surface area contributed by atoms with Crippen LogP contribution in [0.4, 0.5) is 0 Å². The molecule has 0 aliphatic rings. The molecule has 0 amide bonds. The number of aliphatic hydroxyl groups excluding tert-OH is 3. The molecule has 0 aromatic rings. The van der Waals surface area contributed by atoms with Gasteiger partial charge in [-0.3, -0.25) is 9.59 Å². The van der Waals surface area contributed by atoms with Crippen molar-refractivity contribution in [2.24, 2.45) is 5.41 Å². The molecule has 0 radical (unpaired) electrons. The molecule has 0 atom stereocenters. The molecule has 0 unspecified atom stereocenters. The van der Waals surface area contributed by atoms with Crippen molar-refractivity contribution in [2.45, 2.75) is 71.1 Å². The predicted octanol–water partition coefficient (Wildman–Crippen LogP) is 1.96. The van der Waals surface area contributed by atoms with Crippen molar-refractivity contribution in [3.63, 3.8) is 0 Å². The van der Waals surface area contributed by atoms with Crippen LogP contribution in [0, 0.1) is 5.41 Å². The van der Waals surface area contributed by atoms with Crippen molar-refractivity contribution in [1.29, 1.82) is 0 Å². The van der Waals surface area contributed by atoms with E-state index in [1.165, 1.54) is 0 Å². The molecule has 0 fully saturated rings. The highest BCUT2D eigenvalue weighted by Crippen LogP contribution is 2.18. The maximum Gasteiger partial charge on any atom is 0.305 e. The fourth-order valence-corrected chi connectivity index (χ4v) is 2.26. The second-order valence-corrected chi connectivity index (χ2v) is 7.07. The minimum atomic E-state index is -0.806. The molecule has 0 saturated carbocycles. The van der Waals surface area contributed by atoms with Gasteiger partial charge in [0.2, 0.25) is 0 Å². The fraction of sp³-hybridized carbons (Fsp3) is 0.895. The molecule has 0 aliphatic carbocycles. The summed E-state index contributed by atoms with van der Waals surface area (Å²) in [5.41, 5.74) is -0.806. The van der Waals surface area contributed by atoms with Gasteiger partial charge in [-0.05, 0) is 25.7 Å². The highest BCUT2D eigenvalue weighted by atomic mass is 16.5. The summed E-state index contributed by atoms with van der Waals surface area (Å²) in [6.45, 7) is 1.80.